The first-order chi connectivity index (χ1) is 10.9. The molecule has 0 saturated carbocycles. The lowest BCUT2D eigenvalue weighted by Crippen LogP contribution is -2.41. The van der Waals surface area contributed by atoms with Gasteiger partial charge in [-0.1, -0.05) is 17.7 Å². The topological polar surface area (TPSA) is 77.9 Å². The van der Waals surface area contributed by atoms with Gasteiger partial charge in [-0.2, -0.15) is 0 Å². The highest BCUT2D eigenvalue weighted by molar-refractivity contribution is 6.09. The third-order valence-corrected chi connectivity index (χ3v) is 4.14. The lowest BCUT2D eigenvalue weighted by atomic mass is 10.1. The first-order valence-corrected chi connectivity index (χ1v) is 7.82. The molecule has 1 fully saturated rings. The summed E-state index contributed by atoms with van der Waals surface area (Å²) in [6.45, 7) is 4.81. The number of hydrogen-bond donors (Lipinski definition) is 1. The van der Waals surface area contributed by atoms with Crippen LogP contribution in [-0.2, 0) is 14.4 Å². The summed E-state index contributed by atoms with van der Waals surface area (Å²) >= 11 is 0. The van der Waals surface area contributed by atoms with E-state index in [2.05, 4.69) is 0 Å². The van der Waals surface area contributed by atoms with Gasteiger partial charge in [-0.25, -0.2) is 0 Å². The molecule has 1 aliphatic heterocycles. The molecule has 0 aromatic heterocycles. The lowest BCUT2D eigenvalue weighted by Gasteiger charge is -2.23. The zero-order valence-corrected chi connectivity index (χ0v) is 13.5. The molecule has 1 N–H and O–H groups in total. The van der Waals surface area contributed by atoms with Crippen LogP contribution in [0.5, 0.6) is 0 Å². The number of carboxylic acid groups (broad SMARTS) is 1. The van der Waals surface area contributed by atoms with Gasteiger partial charge in [0.15, 0.2) is 0 Å². The molecule has 0 unspecified atom stereocenters. The molecule has 0 spiro atoms. The molecular formula is C17H22N2O4. The van der Waals surface area contributed by atoms with Gasteiger partial charge < -0.3 is 14.9 Å². The predicted molar refractivity (Wildman–Crippen MR) is 86.1 cm³/mol. The summed E-state index contributed by atoms with van der Waals surface area (Å²) < 4.78 is 0. The van der Waals surface area contributed by atoms with Crippen molar-refractivity contribution >= 4 is 23.5 Å². The maximum atomic E-state index is 12.6. The average Bonchev–Trinajstić information content (AvgIpc) is 2.90. The van der Waals surface area contributed by atoms with Gasteiger partial charge in [0, 0.05) is 25.3 Å². The molecule has 6 nitrogen and oxygen atoms in total. The first kappa shape index (κ1) is 17.0. The Hall–Kier alpha value is -2.37. The molecule has 2 amide bonds. The molecule has 1 atom stereocenters. The van der Waals surface area contributed by atoms with Crippen molar-refractivity contribution in [2.45, 2.75) is 26.7 Å². The summed E-state index contributed by atoms with van der Waals surface area (Å²) in [5.74, 6) is -2.12. The van der Waals surface area contributed by atoms with E-state index in [9.17, 15) is 14.4 Å². The van der Waals surface area contributed by atoms with Crippen molar-refractivity contribution in [1.82, 2.24) is 4.90 Å². The number of amides is 2. The highest BCUT2D eigenvalue weighted by atomic mass is 16.4. The molecule has 124 valence electrons. The normalized spacial score (nSPS) is 17.4. The molecular weight excluding hydrogens is 296 g/mol. The molecule has 0 aliphatic carbocycles. The van der Waals surface area contributed by atoms with Gasteiger partial charge >= 0.3 is 5.97 Å². The number of carbonyl (C=O) groups excluding carboxylic acids is 2. The highest BCUT2D eigenvalue weighted by Crippen LogP contribution is 2.26. The molecule has 23 heavy (non-hydrogen) atoms. The number of aryl methyl sites for hydroxylation is 1. The monoisotopic (exact) mass is 318 g/mol. The molecule has 0 radical (unpaired) electrons. The minimum absolute atomic E-state index is 0.109. The molecule has 1 saturated heterocycles. The SMILES string of the molecule is CCN(CCC(=O)O)C(=O)[C@H]1CCN(c2ccc(C)cc2)C1=O. The molecule has 6 heteroatoms. The van der Waals surface area contributed by atoms with E-state index in [1.165, 1.54) is 4.90 Å². The van der Waals surface area contributed by atoms with Gasteiger partial charge in [-0.05, 0) is 32.4 Å². The van der Waals surface area contributed by atoms with E-state index in [0.717, 1.165) is 11.3 Å². The Balaban J connectivity index is 2.06. The van der Waals surface area contributed by atoms with Crippen LogP contribution < -0.4 is 4.90 Å². The summed E-state index contributed by atoms with van der Waals surface area (Å²) in [7, 11) is 0. The maximum Gasteiger partial charge on any atom is 0.305 e. The summed E-state index contributed by atoms with van der Waals surface area (Å²) in [6.07, 6.45) is 0.358. The summed E-state index contributed by atoms with van der Waals surface area (Å²) in [5.41, 5.74) is 1.91. The standard InChI is InChI=1S/C17H22N2O4/c1-3-18(10-9-15(20)21)16(22)14-8-11-19(17(14)23)13-6-4-12(2)5-7-13/h4-7,14H,3,8-11H2,1-2H3,(H,20,21)/t14-/m1/s1. The second-order valence-corrected chi connectivity index (χ2v) is 5.73. The Morgan fingerprint density at radius 2 is 1.96 bits per heavy atom. The van der Waals surface area contributed by atoms with E-state index in [1.807, 2.05) is 31.2 Å². The summed E-state index contributed by atoms with van der Waals surface area (Å²) in [5, 5.41) is 8.76. The van der Waals surface area contributed by atoms with Crippen LogP contribution in [-0.4, -0.2) is 47.4 Å². The lowest BCUT2D eigenvalue weighted by molar-refractivity contribution is -0.141. The summed E-state index contributed by atoms with van der Waals surface area (Å²) in [6, 6.07) is 7.62. The van der Waals surface area contributed by atoms with Crippen molar-refractivity contribution in [3.8, 4) is 0 Å². The molecule has 0 bridgehead atoms. The van der Waals surface area contributed by atoms with Crippen molar-refractivity contribution in [3.05, 3.63) is 29.8 Å². The number of hydrogen-bond acceptors (Lipinski definition) is 3. The average molecular weight is 318 g/mol. The maximum absolute atomic E-state index is 12.6. The van der Waals surface area contributed by atoms with Gasteiger partial charge in [0.25, 0.3) is 0 Å². The Bertz CT molecular complexity index is 597. The zero-order valence-electron chi connectivity index (χ0n) is 13.5. The van der Waals surface area contributed by atoms with Crippen molar-refractivity contribution in [2.24, 2.45) is 5.92 Å². The van der Waals surface area contributed by atoms with Crippen LogP contribution in [0.25, 0.3) is 0 Å². The first-order valence-electron chi connectivity index (χ1n) is 7.82. The number of rotatable bonds is 6. The van der Waals surface area contributed by atoms with Crippen LogP contribution in [0.2, 0.25) is 0 Å². The summed E-state index contributed by atoms with van der Waals surface area (Å²) in [4.78, 5) is 38.8. The third kappa shape index (κ3) is 3.88. The molecule has 2 rings (SSSR count). The fraction of sp³-hybridized carbons (Fsp3) is 0.471. The molecule has 1 aliphatic rings. The largest absolute Gasteiger partial charge is 0.481 e. The quantitative estimate of drug-likeness (QED) is 0.809. The van der Waals surface area contributed by atoms with Gasteiger partial charge in [-0.15, -0.1) is 0 Å². The van der Waals surface area contributed by atoms with E-state index < -0.39 is 11.9 Å². The van der Waals surface area contributed by atoms with Gasteiger partial charge in [0.1, 0.15) is 5.92 Å². The van der Waals surface area contributed by atoms with E-state index >= 15 is 0 Å². The van der Waals surface area contributed by atoms with Crippen molar-refractivity contribution < 1.29 is 19.5 Å². The fourth-order valence-electron chi connectivity index (χ4n) is 2.77. The number of carbonyl (C=O) groups is 3. The fourth-order valence-corrected chi connectivity index (χ4v) is 2.77. The van der Waals surface area contributed by atoms with E-state index in [1.54, 1.807) is 11.8 Å². The van der Waals surface area contributed by atoms with Crippen molar-refractivity contribution in [2.75, 3.05) is 24.5 Å². The second kappa shape index (κ2) is 7.26. The Kier molecular flexibility index (Phi) is 5.36. The van der Waals surface area contributed by atoms with Crippen LogP contribution in [0, 0.1) is 12.8 Å². The Morgan fingerprint density at radius 1 is 1.30 bits per heavy atom. The number of nitrogens with zero attached hydrogens (tertiary/aromatic N) is 2. The van der Waals surface area contributed by atoms with Crippen molar-refractivity contribution in [3.63, 3.8) is 0 Å². The van der Waals surface area contributed by atoms with E-state index in [4.69, 9.17) is 5.11 Å². The van der Waals surface area contributed by atoms with Gasteiger partial charge in [0.05, 0.1) is 6.42 Å². The van der Waals surface area contributed by atoms with Crippen LogP contribution in [0.15, 0.2) is 24.3 Å². The number of benzene rings is 1. The van der Waals surface area contributed by atoms with E-state index in [0.29, 0.717) is 19.5 Å². The van der Waals surface area contributed by atoms with Gasteiger partial charge in [-0.3, -0.25) is 14.4 Å². The zero-order chi connectivity index (χ0) is 17.0. The smallest absolute Gasteiger partial charge is 0.305 e. The minimum atomic E-state index is -0.949. The van der Waals surface area contributed by atoms with Crippen LogP contribution in [0.4, 0.5) is 5.69 Å². The second-order valence-electron chi connectivity index (χ2n) is 5.73. The van der Waals surface area contributed by atoms with Gasteiger partial charge in [0.2, 0.25) is 11.8 Å². The van der Waals surface area contributed by atoms with Crippen molar-refractivity contribution in [1.29, 1.82) is 0 Å². The highest BCUT2D eigenvalue weighted by Gasteiger charge is 2.39. The predicted octanol–water partition coefficient (Wildman–Crippen LogP) is 1.67. The number of aliphatic carboxylic acids is 1. The Labute approximate surface area is 135 Å². The molecule has 1 aromatic rings. The third-order valence-electron chi connectivity index (χ3n) is 4.14. The van der Waals surface area contributed by atoms with E-state index in [-0.39, 0.29) is 24.8 Å². The number of carboxylic acids is 1. The van der Waals surface area contributed by atoms with Crippen LogP contribution >= 0.6 is 0 Å². The van der Waals surface area contributed by atoms with Crippen LogP contribution in [0.1, 0.15) is 25.3 Å². The minimum Gasteiger partial charge on any atom is -0.481 e. The van der Waals surface area contributed by atoms with Crippen LogP contribution in [0.3, 0.4) is 0 Å². The number of anilines is 1. The molecule has 1 heterocycles. The molecule has 1 aromatic carbocycles. The Morgan fingerprint density at radius 3 is 2.52 bits per heavy atom.